The van der Waals surface area contributed by atoms with Crippen molar-refractivity contribution in [3.63, 3.8) is 0 Å². The predicted octanol–water partition coefficient (Wildman–Crippen LogP) is 5.81. The summed E-state index contributed by atoms with van der Waals surface area (Å²) in [6, 6.07) is 22.3. The Bertz CT molecular complexity index is 1340. The van der Waals surface area contributed by atoms with Crippen LogP contribution in [0.3, 0.4) is 0 Å². The van der Waals surface area contributed by atoms with Crippen LogP contribution >= 0.6 is 12.2 Å². The van der Waals surface area contributed by atoms with Crippen LogP contribution in [-0.4, -0.2) is 21.8 Å². The van der Waals surface area contributed by atoms with E-state index in [1.165, 1.54) is 12.1 Å². The minimum absolute atomic E-state index is 0.144. The minimum atomic E-state index is -0.254. The number of thiocarbonyl (C=S) groups is 1. The number of hydrogen-bond acceptors (Lipinski definition) is 3. The normalized spacial score (nSPS) is 17.6. The molecule has 1 aliphatic rings. The van der Waals surface area contributed by atoms with E-state index in [1.54, 1.807) is 25.4 Å². The molecule has 0 amide bonds. The summed E-state index contributed by atoms with van der Waals surface area (Å²) in [6.07, 6.45) is 1.80. The second kappa shape index (κ2) is 8.91. The Hall–Kier alpha value is -3.71. The zero-order valence-electron chi connectivity index (χ0n) is 19.2. The second-order valence-electron chi connectivity index (χ2n) is 8.34. The summed E-state index contributed by atoms with van der Waals surface area (Å²) >= 11 is 5.84. The third kappa shape index (κ3) is 3.82. The molecule has 5 rings (SSSR count). The van der Waals surface area contributed by atoms with Crippen LogP contribution in [0, 0.1) is 19.7 Å². The number of hydrogen-bond donors (Lipinski definition) is 1. The smallest absolute Gasteiger partial charge is 0.174 e. The number of nitrogens with one attached hydrogen (secondary N) is 1. The Morgan fingerprint density at radius 3 is 2.47 bits per heavy atom. The van der Waals surface area contributed by atoms with Crippen LogP contribution in [0.4, 0.5) is 10.1 Å². The SMILES string of the molecule is COc1cccc(N2C(=S)N[C@@H](c3ccccn3)[C@H]2c2cc(C)n(-c3ccc(F)cc3)c2C)c1. The third-order valence-corrected chi connectivity index (χ3v) is 6.62. The molecule has 2 aromatic carbocycles. The Morgan fingerprint density at radius 2 is 1.76 bits per heavy atom. The van der Waals surface area contributed by atoms with Gasteiger partial charge in [0.25, 0.3) is 0 Å². The Kier molecular flexibility index (Phi) is 5.79. The van der Waals surface area contributed by atoms with Crippen LogP contribution in [0.1, 0.15) is 34.7 Å². The van der Waals surface area contributed by atoms with E-state index in [0.717, 1.165) is 39.8 Å². The van der Waals surface area contributed by atoms with Crippen molar-refractivity contribution in [1.82, 2.24) is 14.9 Å². The van der Waals surface area contributed by atoms with Crippen LogP contribution in [0.25, 0.3) is 5.69 Å². The highest BCUT2D eigenvalue weighted by Gasteiger charge is 2.42. The number of halogens is 1. The van der Waals surface area contributed by atoms with E-state index in [-0.39, 0.29) is 17.9 Å². The first kappa shape index (κ1) is 22.1. The lowest BCUT2D eigenvalue weighted by Crippen LogP contribution is -2.29. The van der Waals surface area contributed by atoms with Crippen LogP contribution in [0.2, 0.25) is 0 Å². The number of benzene rings is 2. The molecule has 0 aliphatic carbocycles. The highest BCUT2D eigenvalue weighted by molar-refractivity contribution is 7.80. The van der Waals surface area contributed by atoms with Crippen molar-refractivity contribution in [2.45, 2.75) is 25.9 Å². The molecule has 1 fully saturated rings. The fraction of sp³-hybridized carbons (Fsp3) is 0.185. The summed E-state index contributed by atoms with van der Waals surface area (Å²) in [5.41, 5.74) is 6.00. The number of methoxy groups -OCH3 is 1. The molecule has 172 valence electrons. The van der Waals surface area contributed by atoms with Gasteiger partial charge in [0.1, 0.15) is 11.6 Å². The maximum absolute atomic E-state index is 13.6. The van der Waals surface area contributed by atoms with Crippen molar-refractivity contribution >= 4 is 23.0 Å². The number of aromatic nitrogens is 2. The summed E-state index contributed by atoms with van der Waals surface area (Å²) < 4.78 is 21.2. The first-order chi connectivity index (χ1) is 16.5. The maximum Gasteiger partial charge on any atom is 0.174 e. The lowest BCUT2D eigenvalue weighted by Gasteiger charge is -2.28. The molecule has 1 N–H and O–H groups in total. The van der Waals surface area contributed by atoms with E-state index in [9.17, 15) is 4.39 Å². The number of rotatable bonds is 5. The Balaban J connectivity index is 1.68. The van der Waals surface area contributed by atoms with E-state index >= 15 is 0 Å². The van der Waals surface area contributed by atoms with Crippen molar-refractivity contribution in [1.29, 1.82) is 0 Å². The molecular weight excluding hydrogens is 447 g/mol. The molecule has 3 heterocycles. The van der Waals surface area contributed by atoms with E-state index in [1.807, 2.05) is 42.5 Å². The van der Waals surface area contributed by atoms with E-state index in [4.69, 9.17) is 17.0 Å². The molecule has 2 aromatic heterocycles. The Morgan fingerprint density at radius 1 is 0.971 bits per heavy atom. The van der Waals surface area contributed by atoms with Gasteiger partial charge in [0.2, 0.25) is 0 Å². The van der Waals surface area contributed by atoms with Gasteiger partial charge in [-0.2, -0.15) is 0 Å². The molecule has 0 spiro atoms. The average Bonchev–Trinajstić information content (AvgIpc) is 3.35. The van der Waals surface area contributed by atoms with Crippen LogP contribution in [0.15, 0.2) is 79.0 Å². The first-order valence-electron chi connectivity index (χ1n) is 11.1. The molecule has 34 heavy (non-hydrogen) atoms. The van der Waals surface area contributed by atoms with E-state index in [0.29, 0.717) is 5.11 Å². The summed E-state index contributed by atoms with van der Waals surface area (Å²) in [6.45, 7) is 4.15. The van der Waals surface area contributed by atoms with Gasteiger partial charge in [0, 0.05) is 35.0 Å². The molecule has 0 unspecified atom stereocenters. The van der Waals surface area contributed by atoms with E-state index in [2.05, 4.69) is 39.7 Å². The highest BCUT2D eigenvalue weighted by Crippen LogP contribution is 2.44. The van der Waals surface area contributed by atoms with Crippen LogP contribution in [0.5, 0.6) is 5.75 Å². The molecule has 1 aliphatic heterocycles. The first-order valence-corrected chi connectivity index (χ1v) is 11.5. The molecule has 5 nitrogen and oxygen atoms in total. The molecule has 4 aromatic rings. The number of nitrogens with zero attached hydrogens (tertiary/aromatic N) is 3. The van der Waals surface area contributed by atoms with Crippen LogP contribution < -0.4 is 15.0 Å². The number of pyridine rings is 1. The van der Waals surface area contributed by atoms with Gasteiger partial charge in [-0.3, -0.25) is 4.98 Å². The van der Waals surface area contributed by atoms with Gasteiger partial charge < -0.3 is 19.5 Å². The van der Waals surface area contributed by atoms with Crippen molar-refractivity contribution in [3.05, 3.63) is 107 Å². The maximum atomic E-state index is 13.6. The van der Waals surface area contributed by atoms with E-state index < -0.39 is 0 Å². The minimum Gasteiger partial charge on any atom is -0.497 e. The topological polar surface area (TPSA) is 42.3 Å². The largest absolute Gasteiger partial charge is 0.497 e. The van der Waals surface area contributed by atoms with Gasteiger partial charge in [-0.25, -0.2) is 4.39 Å². The summed E-state index contributed by atoms with van der Waals surface area (Å²) in [5.74, 6) is 0.508. The number of ether oxygens (including phenoxy) is 1. The van der Waals surface area contributed by atoms with Crippen LogP contribution in [-0.2, 0) is 0 Å². The summed E-state index contributed by atoms with van der Waals surface area (Å²) in [5, 5.41) is 4.13. The molecule has 0 saturated carbocycles. The molecule has 0 radical (unpaired) electrons. The zero-order valence-corrected chi connectivity index (χ0v) is 20.0. The number of aryl methyl sites for hydroxylation is 1. The van der Waals surface area contributed by atoms with Gasteiger partial charge in [0.15, 0.2) is 5.11 Å². The van der Waals surface area contributed by atoms with Gasteiger partial charge in [0.05, 0.1) is 24.9 Å². The standard InChI is InChI=1S/C27H25FN4OS/c1-17-15-23(18(2)31(17)20-12-10-19(28)11-13-20)26-25(24-9-4-5-14-29-24)30-27(34)32(26)21-7-6-8-22(16-21)33-3/h4-16,25-26H,1-3H3,(H,30,34)/t25-,26+/m0/s1. The lowest BCUT2D eigenvalue weighted by atomic mass is 9.96. The number of anilines is 1. The Labute approximate surface area is 203 Å². The molecule has 1 saturated heterocycles. The van der Waals surface area contributed by atoms with Crippen molar-refractivity contribution in [2.24, 2.45) is 0 Å². The monoisotopic (exact) mass is 472 g/mol. The third-order valence-electron chi connectivity index (χ3n) is 6.30. The summed E-state index contributed by atoms with van der Waals surface area (Å²) in [4.78, 5) is 6.77. The molecular formula is C27H25FN4OS. The quantitative estimate of drug-likeness (QED) is 0.371. The molecule has 2 atom stereocenters. The fourth-order valence-electron chi connectivity index (χ4n) is 4.78. The lowest BCUT2D eigenvalue weighted by molar-refractivity contribution is 0.415. The van der Waals surface area contributed by atoms with Gasteiger partial charge >= 0.3 is 0 Å². The van der Waals surface area contributed by atoms with Gasteiger partial charge in [-0.1, -0.05) is 12.1 Å². The predicted molar refractivity (Wildman–Crippen MR) is 136 cm³/mol. The summed E-state index contributed by atoms with van der Waals surface area (Å²) in [7, 11) is 1.66. The zero-order chi connectivity index (χ0) is 23.8. The van der Waals surface area contributed by atoms with Crippen molar-refractivity contribution < 1.29 is 9.13 Å². The molecule has 0 bridgehead atoms. The van der Waals surface area contributed by atoms with Crippen molar-refractivity contribution in [2.75, 3.05) is 12.0 Å². The van der Waals surface area contributed by atoms with Crippen molar-refractivity contribution in [3.8, 4) is 11.4 Å². The van der Waals surface area contributed by atoms with Gasteiger partial charge in [-0.15, -0.1) is 0 Å². The highest BCUT2D eigenvalue weighted by atomic mass is 32.1. The average molecular weight is 473 g/mol. The van der Waals surface area contributed by atoms with Gasteiger partial charge in [-0.05, 0) is 86.2 Å². The second-order valence-corrected chi connectivity index (χ2v) is 8.72. The molecule has 7 heteroatoms. The fourth-order valence-corrected chi connectivity index (χ4v) is 5.13.